The molecule has 1 aromatic heterocycles. The van der Waals surface area contributed by atoms with Crippen molar-refractivity contribution in [1.82, 2.24) is 4.98 Å². The van der Waals surface area contributed by atoms with Gasteiger partial charge in [0.25, 0.3) is 0 Å². The van der Waals surface area contributed by atoms with E-state index in [-0.39, 0.29) is 5.54 Å². The molecule has 0 aromatic carbocycles. The Morgan fingerprint density at radius 2 is 1.79 bits per heavy atom. The zero-order chi connectivity index (χ0) is 10.4. The van der Waals surface area contributed by atoms with Crippen LogP contribution in [0.2, 0.25) is 0 Å². The smallest absolute Gasteiger partial charge is 0.0943 e. The van der Waals surface area contributed by atoms with E-state index in [0.29, 0.717) is 0 Å². The van der Waals surface area contributed by atoms with E-state index in [9.17, 15) is 0 Å². The first-order valence-corrected chi connectivity index (χ1v) is 5.44. The van der Waals surface area contributed by atoms with E-state index in [1.807, 2.05) is 12.4 Å². The van der Waals surface area contributed by atoms with Gasteiger partial charge in [-0.05, 0) is 37.0 Å². The molecule has 0 saturated heterocycles. The highest BCUT2D eigenvalue weighted by Gasteiger charge is 2.23. The molecular weight excluding hydrogens is 172 g/mol. The van der Waals surface area contributed by atoms with Crippen molar-refractivity contribution in [2.45, 2.75) is 45.1 Å². The lowest BCUT2D eigenvalue weighted by atomic mass is 9.87. The zero-order valence-corrected chi connectivity index (χ0v) is 9.29. The van der Waals surface area contributed by atoms with Crippen LogP contribution in [0.1, 0.15) is 38.7 Å². The Hall–Kier alpha value is -0.890. The summed E-state index contributed by atoms with van der Waals surface area (Å²) < 4.78 is 0. The summed E-state index contributed by atoms with van der Waals surface area (Å²) in [5.41, 5.74) is 5.94. The highest BCUT2D eigenvalue weighted by molar-refractivity contribution is 5.10. The molecule has 0 aliphatic carbocycles. The summed E-state index contributed by atoms with van der Waals surface area (Å²) >= 11 is 0. The Bertz CT molecular complexity index is 252. The number of pyridine rings is 1. The second-order valence-electron chi connectivity index (χ2n) is 4.06. The van der Waals surface area contributed by atoms with E-state index < -0.39 is 0 Å². The summed E-state index contributed by atoms with van der Waals surface area (Å²) in [6, 6.07) is 4.18. The van der Waals surface area contributed by atoms with Gasteiger partial charge < -0.3 is 5.73 Å². The lowest BCUT2D eigenvalue weighted by molar-refractivity contribution is -0.481. The van der Waals surface area contributed by atoms with Crippen LogP contribution in [0.15, 0.2) is 24.5 Å². The number of rotatable bonds is 5. The van der Waals surface area contributed by atoms with Crippen LogP contribution >= 0.6 is 0 Å². The van der Waals surface area contributed by atoms with Crippen LogP contribution in [0.25, 0.3) is 0 Å². The Morgan fingerprint density at radius 3 is 2.29 bits per heavy atom. The molecular formula is C12H21N2+. The van der Waals surface area contributed by atoms with E-state index in [2.05, 4.69) is 36.7 Å². The van der Waals surface area contributed by atoms with Gasteiger partial charge in [-0.25, -0.2) is 0 Å². The largest absolute Gasteiger partial charge is 0.353 e. The fourth-order valence-corrected chi connectivity index (χ4v) is 1.56. The fourth-order valence-electron chi connectivity index (χ4n) is 1.56. The molecule has 0 fully saturated rings. The van der Waals surface area contributed by atoms with Crippen molar-refractivity contribution in [3.05, 3.63) is 30.1 Å². The molecule has 0 aliphatic rings. The van der Waals surface area contributed by atoms with Crippen LogP contribution in [0.3, 0.4) is 0 Å². The third-order valence-corrected chi connectivity index (χ3v) is 3.19. The average molecular weight is 193 g/mol. The molecule has 14 heavy (non-hydrogen) atoms. The van der Waals surface area contributed by atoms with Crippen molar-refractivity contribution in [2.24, 2.45) is 0 Å². The van der Waals surface area contributed by atoms with Crippen molar-refractivity contribution in [3.8, 4) is 0 Å². The van der Waals surface area contributed by atoms with Gasteiger partial charge in [0, 0.05) is 18.8 Å². The molecule has 1 heterocycles. The number of quaternary nitrogens is 1. The summed E-state index contributed by atoms with van der Waals surface area (Å²) in [5, 5.41) is 0. The molecule has 0 spiro atoms. The topological polar surface area (TPSA) is 40.5 Å². The maximum Gasteiger partial charge on any atom is 0.0943 e. The highest BCUT2D eigenvalue weighted by atomic mass is 14.7. The van der Waals surface area contributed by atoms with E-state index in [0.717, 1.165) is 19.3 Å². The van der Waals surface area contributed by atoms with Gasteiger partial charge in [-0.1, -0.05) is 13.8 Å². The van der Waals surface area contributed by atoms with Crippen molar-refractivity contribution < 1.29 is 5.73 Å². The van der Waals surface area contributed by atoms with Crippen molar-refractivity contribution in [3.63, 3.8) is 0 Å². The van der Waals surface area contributed by atoms with Crippen molar-refractivity contribution in [2.75, 3.05) is 0 Å². The predicted octanol–water partition coefficient (Wildman–Crippen LogP) is 1.81. The summed E-state index contributed by atoms with van der Waals surface area (Å²) in [7, 11) is 0. The van der Waals surface area contributed by atoms with Gasteiger partial charge in [0.1, 0.15) is 0 Å². The lowest BCUT2D eigenvalue weighted by Crippen LogP contribution is -2.72. The third-order valence-electron chi connectivity index (χ3n) is 3.19. The molecule has 0 bridgehead atoms. The lowest BCUT2D eigenvalue weighted by Gasteiger charge is -2.22. The van der Waals surface area contributed by atoms with Crippen molar-refractivity contribution in [1.29, 1.82) is 0 Å². The van der Waals surface area contributed by atoms with E-state index in [1.54, 1.807) is 0 Å². The summed E-state index contributed by atoms with van der Waals surface area (Å²) in [4.78, 5) is 4.01. The number of hydrogen-bond donors (Lipinski definition) is 1. The fraction of sp³-hybridized carbons (Fsp3) is 0.583. The molecule has 78 valence electrons. The Labute approximate surface area is 86.5 Å². The summed E-state index contributed by atoms with van der Waals surface area (Å²) in [6.07, 6.45) is 8.33. The molecule has 0 atom stereocenters. The molecule has 0 radical (unpaired) electrons. The van der Waals surface area contributed by atoms with Gasteiger partial charge in [0.2, 0.25) is 0 Å². The minimum absolute atomic E-state index is 0.267. The number of aryl methyl sites for hydroxylation is 1. The van der Waals surface area contributed by atoms with Gasteiger partial charge >= 0.3 is 0 Å². The van der Waals surface area contributed by atoms with Crippen LogP contribution < -0.4 is 5.73 Å². The molecule has 1 aromatic rings. The minimum Gasteiger partial charge on any atom is -0.353 e. The molecule has 2 nitrogen and oxygen atoms in total. The highest BCUT2D eigenvalue weighted by Crippen LogP contribution is 2.16. The predicted molar refractivity (Wildman–Crippen MR) is 58.8 cm³/mol. The third kappa shape index (κ3) is 3.11. The van der Waals surface area contributed by atoms with Gasteiger partial charge in [-0.2, -0.15) is 0 Å². The molecule has 3 N–H and O–H groups in total. The molecule has 0 saturated carbocycles. The Balaban J connectivity index is 2.48. The zero-order valence-electron chi connectivity index (χ0n) is 9.29. The van der Waals surface area contributed by atoms with Crippen LogP contribution in [0.4, 0.5) is 0 Å². The van der Waals surface area contributed by atoms with Crippen LogP contribution in [0, 0.1) is 0 Å². The second-order valence-corrected chi connectivity index (χ2v) is 4.06. The van der Waals surface area contributed by atoms with Crippen molar-refractivity contribution >= 4 is 0 Å². The quantitative estimate of drug-likeness (QED) is 0.761. The SMILES string of the molecule is CCC([NH3+])(CC)CCc1ccncc1. The van der Waals surface area contributed by atoms with E-state index in [4.69, 9.17) is 0 Å². The van der Waals surface area contributed by atoms with Crippen LogP contribution in [-0.4, -0.2) is 10.5 Å². The number of hydrogen-bond acceptors (Lipinski definition) is 1. The normalized spacial score (nSPS) is 11.6. The van der Waals surface area contributed by atoms with Crippen LogP contribution in [-0.2, 0) is 6.42 Å². The summed E-state index contributed by atoms with van der Waals surface area (Å²) in [5.74, 6) is 0. The monoisotopic (exact) mass is 193 g/mol. The Morgan fingerprint density at radius 1 is 1.21 bits per heavy atom. The first-order chi connectivity index (χ1) is 6.70. The van der Waals surface area contributed by atoms with Crippen LogP contribution in [0.5, 0.6) is 0 Å². The molecule has 0 amide bonds. The standard InChI is InChI=1S/C12H20N2/c1-3-12(13,4-2)8-5-11-6-9-14-10-7-11/h6-7,9-10H,3-5,8,13H2,1-2H3/p+1. The van der Waals surface area contributed by atoms with Gasteiger partial charge in [0.05, 0.1) is 5.54 Å². The summed E-state index contributed by atoms with van der Waals surface area (Å²) in [6.45, 7) is 4.45. The molecule has 2 heteroatoms. The first-order valence-electron chi connectivity index (χ1n) is 5.44. The molecule has 0 aliphatic heterocycles. The van der Waals surface area contributed by atoms with Gasteiger partial charge in [-0.3, -0.25) is 4.98 Å². The number of aromatic nitrogens is 1. The first kappa shape index (κ1) is 11.2. The minimum atomic E-state index is 0.267. The molecule has 0 unspecified atom stereocenters. The molecule has 1 rings (SSSR count). The van der Waals surface area contributed by atoms with Gasteiger partial charge in [0.15, 0.2) is 0 Å². The van der Waals surface area contributed by atoms with Gasteiger partial charge in [-0.15, -0.1) is 0 Å². The average Bonchev–Trinajstić information content (AvgIpc) is 2.27. The van der Waals surface area contributed by atoms with E-state index in [1.165, 1.54) is 12.0 Å². The number of nitrogens with zero attached hydrogens (tertiary/aromatic N) is 1. The van der Waals surface area contributed by atoms with E-state index >= 15 is 0 Å². The maximum absolute atomic E-state index is 4.31. The maximum atomic E-state index is 4.31. The Kier molecular flexibility index (Phi) is 4.08. The second kappa shape index (κ2) is 5.11.